The van der Waals surface area contributed by atoms with E-state index >= 15 is 0 Å². The fourth-order valence-corrected chi connectivity index (χ4v) is 4.82. The molecule has 0 unspecified atom stereocenters. The van der Waals surface area contributed by atoms with E-state index in [1.807, 2.05) is 42.5 Å². The summed E-state index contributed by atoms with van der Waals surface area (Å²) in [6, 6.07) is 18.2. The summed E-state index contributed by atoms with van der Waals surface area (Å²) >= 11 is 8.45. The predicted molar refractivity (Wildman–Crippen MR) is 116 cm³/mol. The number of para-hydroxylation sites is 1. The Balaban J connectivity index is 1.44. The van der Waals surface area contributed by atoms with Gasteiger partial charge in [-0.15, -0.1) is 5.10 Å². The Morgan fingerprint density at radius 3 is 2.57 bits per heavy atom. The molecule has 2 aromatic carbocycles. The number of hydrogen-bond donors (Lipinski definition) is 0. The summed E-state index contributed by atoms with van der Waals surface area (Å²) in [6.07, 6.45) is 0. The molecule has 28 heavy (non-hydrogen) atoms. The number of nitrogens with zero attached hydrogens (tertiary/aromatic N) is 4. The van der Waals surface area contributed by atoms with Crippen molar-refractivity contribution in [3.8, 4) is 17.1 Å². The minimum absolute atomic E-state index is 0.498. The van der Waals surface area contributed by atoms with E-state index in [1.165, 1.54) is 16.9 Å². The van der Waals surface area contributed by atoms with Crippen molar-refractivity contribution in [3.05, 3.63) is 70.0 Å². The van der Waals surface area contributed by atoms with Gasteiger partial charge in [0.1, 0.15) is 0 Å². The first-order valence-electron chi connectivity index (χ1n) is 8.81. The van der Waals surface area contributed by atoms with Crippen molar-refractivity contribution in [1.29, 1.82) is 0 Å². The molecule has 0 fully saturated rings. The van der Waals surface area contributed by atoms with E-state index in [2.05, 4.69) is 41.2 Å². The summed E-state index contributed by atoms with van der Waals surface area (Å²) in [5.41, 5.74) is 3.20. The highest BCUT2D eigenvalue weighted by molar-refractivity contribution is 8.00. The molecule has 0 amide bonds. The molecule has 0 aliphatic rings. The van der Waals surface area contributed by atoms with Crippen LogP contribution in [0.3, 0.4) is 0 Å². The minimum atomic E-state index is 0.498. The molecule has 8 heteroatoms. The van der Waals surface area contributed by atoms with Crippen LogP contribution in [0.4, 0.5) is 0 Å². The zero-order valence-corrected chi connectivity index (χ0v) is 17.9. The minimum Gasteiger partial charge on any atom is -0.338 e. The van der Waals surface area contributed by atoms with Gasteiger partial charge in [0.25, 0.3) is 0 Å². The van der Waals surface area contributed by atoms with E-state index in [-0.39, 0.29) is 0 Å². The summed E-state index contributed by atoms with van der Waals surface area (Å²) in [5, 5.41) is 8.69. The monoisotopic (exact) mass is 426 g/mol. The lowest BCUT2D eigenvalue weighted by Gasteiger charge is -2.04. The predicted octanol–water partition coefficient (Wildman–Crippen LogP) is 6.13. The van der Waals surface area contributed by atoms with Crippen molar-refractivity contribution in [2.24, 2.45) is 0 Å². The van der Waals surface area contributed by atoms with Crippen LogP contribution >= 0.6 is 35.3 Å². The normalized spacial score (nSPS) is 11.2. The van der Waals surface area contributed by atoms with Crippen molar-refractivity contribution in [2.45, 2.75) is 29.9 Å². The van der Waals surface area contributed by atoms with Crippen LogP contribution in [0.2, 0.25) is 0 Å². The van der Waals surface area contributed by atoms with Crippen molar-refractivity contribution < 1.29 is 4.52 Å². The summed E-state index contributed by atoms with van der Waals surface area (Å²) in [4.78, 5) is 4.50. The fourth-order valence-electron chi connectivity index (χ4n) is 2.62. The molecule has 0 aliphatic heterocycles. The van der Waals surface area contributed by atoms with Crippen LogP contribution in [0.5, 0.6) is 0 Å². The Hall–Kier alpha value is -2.29. The molecule has 4 rings (SSSR count). The standard InChI is InChI=1S/C20H18N4OS3/c1-13(2)14-8-10-15(11-9-14)18-21-17(25-23-18)12-27-19-22-24(20(26)28-19)16-6-4-3-5-7-16/h3-11,13H,12H2,1-2H3. The maximum absolute atomic E-state index is 5.44. The highest BCUT2D eigenvalue weighted by atomic mass is 32.2. The van der Waals surface area contributed by atoms with Gasteiger partial charge in [-0.25, -0.2) is 4.68 Å². The van der Waals surface area contributed by atoms with Crippen LogP contribution < -0.4 is 0 Å². The molecule has 0 aliphatic carbocycles. The van der Waals surface area contributed by atoms with Gasteiger partial charge in [0.2, 0.25) is 11.7 Å². The Morgan fingerprint density at radius 2 is 1.86 bits per heavy atom. The van der Waals surface area contributed by atoms with Crippen molar-refractivity contribution in [2.75, 3.05) is 0 Å². The molecule has 0 saturated heterocycles. The van der Waals surface area contributed by atoms with Gasteiger partial charge < -0.3 is 4.52 Å². The molecule has 2 aromatic heterocycles. The maximum Gasteiger partial charge on any atom is 0.237 e. The van der Waals surface area contributed by atoms with Gasteiger partial charge in [0.05, 0.1) is 11.4 Å². The van der Waals surface area contributed by atoms with Crippen LogP contribution in [0, 0.1) is 3.95 Å². The van der Waals surface area contributed by atoms with Gasteiger partial charge in [0, 0.05) is 5.56 Å². The molecule has 0 spiro atoms. The molecule has 0 radical (unpaired) electrons. The maximum atomic E-state index is 5.44. The zero-order chi connectivity index (χ0) is 19.5. The lowest BCUT2D eigenvalue weighted by atomic mass is 10.0. The van der Waals surface area contributed by atoms with E-state index in [0.29, 0.717) is 27.3 Å². The van der Waals surface area contributed by atoms with E-state index in [0.717, 1.165) is 15.6 Å². The third kappa shape index (κ3) is 4.24. The Bertz CT molecular complexity index is 1110. The second kappa shape index (κ2) is 8.38. The molecule has 2 heterocycles. The largest absolute Gasteiger partial charge is 0.338 e. The van der Waals surface area contributed by atoms with Gasteiger partial charge >= 0.3 is 0 Å². The fraction of sp³-hybridized carbons (Fsp3) is 0.200. The third-order valence-corrected chi connectivity index (χ3v) is 6.50. The average Bonchev–Trinajstić information content (AvgIpc) is 3.34. The number of hydrogen-bond acceptors (Lipinski definition) is 7. The summed E-state index contributed by atoms with van der Waals surface area (Å²) in [5.74, 6) is 2.22. The van der Waals surface area contributed by atoms with Crippen LogP contribution in [0.1, 0.15) is 31.2 Å². The van der Waals surface area contributed by atoms with Crippen molar-refractivity contribution in [1.82, 2.24) is 19.9 Å². The van der Waals surface area contributed by atoms with Gasteiger partial charge in [0.15, 0.2) is 8.29 Å². The molecule has 142 valence electrons. The first-order valence-corrected chi connectivity index (χ1v) is 11.0. The lowest BCUT2D eigenvalue weighted by Crippen LogP contribution is -1.95. The number of rotatable bonds is 6. The van der Waals surface area contributed by atoms with Crippen LogP contribution in [0.25, 0.3) is 17.1 Å². The third-order valence-electron chi connectivity index (χ3n) is 4.15. The van der Waals surface area contributed by atoms with Gasteiger partial charge in [-0.2, -0.15) is 4.98 Å². The Morgan fingerprint density at radius 1 is 1.11 bits per heavy atom. The number of aromatic nitrogens is 4. The number of thioether (sulfide) groups is 1. The van der Waals surface area contributed by atoms with E-state index in [4.69, 9.17) is 16.7 Å². The molecule has 5 nitrogen and oxygen atoms in total. The van der Waals surface area contributed by atoms with E-state index in [9.17, 15) is 0 Å². The quantitative estimate of drug-likeness (QED) is 0.273. The van der Waals surface area contributed by atoms with E-state index in [1.54, 1.807) is 16.4 Å². The Kier molecular flexibility index (Phi) is 5.70. The highest BCUT2D eigenvalue weighted by Gasteiger charge is 2.12. The first-order chi connectivity index (χ1) is 13.6. The molecule has 0 saturated carbocycles. The Labute approximate surface area is 176 Å². The molecular weight excluding hydrogens is 408 g/mol. The van der Waals surface area contributed by atoms with Crippen LogP contribution in [0.15, 0.2) is 63.5 Å². The SMILES string of the molecule is CC(C)c1ccc(-c2noc(CSc3nn(-c4ccccc4)c(=S)s3)n2)cc1. The molecule has 0 atom stereocenters. The smallest absolute Gasteiger partial charge is 0.237 e. The van der Waals surface area contributed by atoms with Crippen molar-refractivity contribution in [3.63, 3.8) is 0 Å². The van der Waals surface area contributed by atoms with Gasteiger partial charge in [-0.3, -0.25) is 0 Å². The molecule has 4 aromatic rings. The number of benzene rings is 2. The summed E-state index contributed by atoms with van der Waals surface area (Å²) < 4.78 is 8.76. The van der Waals surface area contributed by atoms with Gasteiger partial charge in [-0.05, 0) is 35.8 Å². The van der Waals surface area contributed by atoms with Crippen LogP contribution in [-0.4, -0.2) is 19.9 Å². The molecular formula is C20H18N4OS3. The summed E-state index contributed by atoms with van der Waals surface area (Å²) in [7, 11) is 0. The highest BCUT2D eigenvalue weighted by Crippen LogP contribution is 2.27. The molecule has 0 N–H and O–H groups in total. The van der Waals surface area contributed by atoms with Crippen LogP contribution in [-0.2, 0) is 5.75 Å². The summed E-state index contributed by atoms with van der Waals surface area (Å²) in [6.45, 7) is 4.35. The zero-order valence-electron chi connectivity index (χ0n) is 15.4. The van der Waals surface area contributed by atoms with E-state index < -0.39 is 0 Å². The second-order valence-electron chi connectivity index (χ2n) is 6.46. The lowest BCUT2D eigenvalue weighted by molar-refractivity contribution is 0.391. The topological polar surface area (TPSA) is 56.7 Å². The second-order valence-corrected chi connectivity index (χ2v) is 9.30. The first kappa shape index (κ1) is 19.0. The van der Waals surface area contributed by atoms with Crippen molar-refractivity contribution >= 4 is 35.3 Å². The molecule has 0 bridgehead atoms. The van der Waals surface area contributed by atoms with Gasteiger partial charge in [-0.1, -0.05) is 84.6 Å². The average molecular weight is 427 g/mol.